The summed E-state index contributed by atoms with van der Waals surface area (Å²) in [5.74, 6) is -0.0615. The maximum atomic E-state index is 12.1. The van der Waals surface area contributed by atoms with E-state index in [2.05, 4.69) is 6.92 Å². The molecule has 1 saturated carbocycles. The van der Waals surface area contributed by atoms with Crippen molar-refractivity contribution in [2.75, 3.05) is 12.3 Å². The second kappa shape index (κ2) is 4.89. The van der Waals surface area contributed by atoms with Gasteiger partial charge >= 0.3 is 0 Å². The monoisotopic (exact) mass is 282 g/mol. The van der Waals surface area contributed by atoms with Crippen LogP contribution in [0.3, 0.4) is 0 Å². The van der Waals surface area contributed by atoms with Gasteiger partial charge in [0.25, 0.3) is 0 Å². The molecule has 0 heterocycles. The van der Waals surface area contributed by atoms with Crippen LogP contribution in [0, 0.1) is 0 Å². The fraction of sp³-hybridized carbons (Fsp3) is 0.571. The largest absolute Gasteiger partial charge is 0.329 e. The molecule has 0 amide bonds. The lowest BCUT2D eigenvalue weighted by Gasteiger charge is -2.08. The molecular formula is C14H22N2O2S. The zero-order valence-electron chi connectivity index (χ0n) is 11.5. The molecule has 2 rings (SSSR count). The van der Waals surface area contributed by atoms with Gasteiger partial charge in [-0.1, -0.05) is 38.1 Å². The van der Waals surface area contributed by atoms with Gasteiger partial charge in [0.2, 0.25) is 0 Å². The van der Waals surface area contributed by atoms with Gasteiger partial charge in [0.1, 0.15) is 0 Å². The molecule has 0 saturated heterocycles. The molecule has 4 nitrogen and oxygen atoms in total. The molecule has 4 N–H and O–H groups in total. The lowest BCUT2D eigenvalue weighted by molar-refractivity contribution is 0.587. The van der Waals surface area contributed by atoms with Crippen molar-refractivity contribution in [3.63, 3.8) is 0 Å². The van der Waals surface area contributed by atoms with Crippen LogP contribution in [0.1, 0.15) is 30.9 Å². The molecule has 1 aromatic carbocycles. The van der Waals surface area contributed by atoms with Gasteiger partial charge in [0.05, 0.1) is 10.8 Å². The third-order valence-electron chi connectivity index (χ3n) is 4.19. The van der Waals surface area contributed by atoms with E-state index in [0.29, 0.717) is 0 Å². The van der Waals surface area contributed by atoms with E-state index in [1.165, 1.54) is 5.56 Å². The van der Waals surface area contributed by atoms with Crippen molar-refractivity contribution in [1.82, 2.24) is 0 Å². The van der Waals surface area contributed by atoms with E-state index in [4.69, 9.17) is 11.5 Å². The van der Waals surface area contributed by atoms with Crippen molar-refractivity contribution < 1.29 is 8.42 Å². The fourth-order valence-electron chi connectivity index (χ4n) is 2.83. The predicted octanol–water partition coefficient (Wildman–Crippen LogP) is 0.806. The fourth-order valence-corrected chi connectivity index (χ4v) is 4.85. The Morgan fingerprint density at radius 1 is 1.21 bits per heavy atom. The van der Waals surface area contributed by atoms with Crippen molar-refractivity contribution >= 4 is 9.84 Å². The topological polar surface area (TPSA) is 86.2 Å². The molecule has 0 radical (unpaired) electrons. The van der Waals surface area contributed by atoms with Crippen LogP contribution in [0.5, 0.6) is 0 Å². The molecule has 5 heteroatoms. The molecule has 0 aromatic heterocycles. The first-order valence-electron chi connectivity index (χ1n) is 6.70. The third-order valence-corrected chi connectivity index (χ3v) is 6.48. The van der Waals surface area contributed by atoms with Crippen LogP contribution < -0.4 is 11.5 Å². The smallest absolute Gasteiger partial charge is 0.155 e. The highest BCUT2D eigenvalue weighted by Crippen LogP contribution is 2.53. The van der Waals surface area contributed by atoms with Crippen molar-refractivity contribution in [3.05, 3.63) is 35.4 Å². The Balaban J connectivity index is 2.34. The van der Waals surface area contributed by atoms with E-state index >= 15 is 0 Å². The van der Waals surface area contributed by atoms with Gasteiger partial charge in [-0.25, -0.2) is 8.42 Å². The SMILES string of the molecule is CCc1ccc([C@@H]2[C@H](S(=O)(=O)CC)[C@]2(N)CN)cc1. The molecule has 0 bridgehead atoms. The summed E-state index contributed by atoms with van der Waals surface area (Å²) in [5.41, 5.74) is 13.3. The number of hydrogen-bond acceptors (Lipinski definition) is 4. The predicted molar refractivity (Wildman–Crippen MR) is 77.8 cm³/mol. The molecule has 0 unspecified atom stereocenters. The zero-order valence-corrected chi connectivity index (χ0v) is 12.3. The summed E-state index contributed by atoms with van der Waals surface area (Å²) in [5, 5.41) is -0.539. The lowest BCUT2D eigenvalue weighted by atomic mass is 10.0. The average Bonchev–Trinajstić information content (AvgIpc) is 3.07. The molecule has 19 heavy (non-hydrogen) atoms. The minimum atomic E-state index is -3.16. The van der Waals surface area contributed by atoms with Crippen molar-refractivity contribution in [1.29, 1.82) is 0 Å². The third kappa shape index (κ3) is 2.30. The van der Waals surface area contributed by atoms with Gasteiger partial charge in [-0.3, -0.25) is 0 Å². The maximum absolute atomic E-state index is 12.1. The highest BCUT2D eigenvalue weighted by atomic mass is 32.2. The van der Waals surface area contributed by atoms with Crippen LogP contribution in [0.2, 0.25) is 0 Å². The van der Waals surface area contributed by atoms with Crippen LogP contribution >= 0.6 is 0 Å². The first-order chi connectivity index (χ1) is 8.90. The number of aryl methyl sites for hydroxylation is 1. The first-order valence-corrected chi connectivity index (χ1v) is 8.41. The van der Waals surface area contributed by atoms with Crippen molar-refractivity contribution in [2.24, 2.45) is 11.5 Å². The van der Waals surface area contributed by atoms with E-state index < -0.39 is 20.6 Å². The van der Waals surface area contributed by atoms with Gasteiger partial charge in [-0.05, 0) is 17.5 Å². The average molecular weight is 282 g/mol. The molecule has 0 spiro atoms. The van der Waals surface area contributed by atoms with Crippen LogP contribution in [-0.4, -0.2) is 31.5 Å². The quantitative estimate of drug-likeness (QED) is 0.836. The molecule has 1 aliphatic carbocycles. The van der Waals surface area contributed by atoms with E-state index in [0.717, 1.165) is 12.0 Å². The second-order valence-electron chi connectivity index (χ2n) is 5.26. The Kier molecular flexibility index (Phi) is 3.73. The molecular weight excluding hydrogens is 260 g/mol. The standard InChI is InChI=1S/C14H22N2O2S/c1-3-10-5-7-11(8-6-10)12-13(14(12,16)9-15)19(17,18)4-2/h5-8,12-13H,3-4,9,15-16H2,1-2H3/t12-,13+,14+/m1/s1. The highest BCUT2D eigenvalue weighted by molar-refractivity contribution is 7.92. The maximum Gasteiger partial charge on any atom is 0.155 e. The highest BCUT2D eigenvalue weighted by Gasteiger charge is 2.67. The summed E-state index contributed by atoms with van der Waals surface area (Å²) in [6, 6.07) is 8.01. The van der Waals surface area contributed by atoms with Gasteiger partial charge in [0, 0.05) is 18.2 Å². The van der Waals surface area contributed by atoms with Crippen molar-refractivity contribution in [2.45, 2.75) is 37.0 Å². The van der Waals surface area contributed by atoms with Gasteiger partial charge in [-0.2, -0.15) is 0 Å². The Bertz CT molecular complexity index is 553. The molecule has 3 atom stereocenters. The number of nitrogens with two attached hydrogens (primary N) is 2. The molecule has 1 aromatic rings. The Morgan fingerprint density at radius 2 is 1.79 bits per heavy atom. The van der Waals surface area contributed by atoms with Crippen LogP contribution in [-0.2, 0) is 16.3 Å². The van der Waals surface area contributed by atoms with Crippen molar-refractivity contribution in [3.8, 4) is 0 Å². The van der Waals surface area contributed by atoms with Gasteiger partial charge in [0.15, 0.2) is 9.84 Å². The number of rotatable bonds is 5. The van der Waals surface area contributed by atoms with Crippen LogP contribution in [0.15, 0.2) is 24.3 Å². The molecule has 1 fully saturated rings. The Hall–Kier alpha value is -0.910. The van der Waals surface area contributed by atoms with Gasteiger partial charge in [-0.15, -0.1) is 0 Å². The minimum Gasteiger partial charge on any atom is -0.329 e. The molecule has 106 valence electrons. The van der Waals surface area contributed by atoms with Gasteiger partial charge < -0.3 is 11.5 Å². The summed E-state index contributed by atoms with van der Waals surface area (Å²) in [7, 11) is -3.16. The van der Waals surface area contributed by atoms with E-state index in [-0.39, 0.29) is 18.2 Å². The van der Waals surface area contributed by atoms with E-state index in [9.17, 15) is 8.42 Å². The normalized spacial score (nSPS) is 30.3. The summed E-state index contributed by atoms with van der Waals surface area (Å²) in [6.45, 7) is 3.93. The van der Waals surface area contributed by atoms with Crippen LogP contribution in [0.4, 0.5) is 0 Å². The number of benzene rings is 1. The first kappa shape index (κ1) is 14.5. The Labute approximate surface area is 115 Å². The van der Waals surface area contributed by atoms with E-state index in [1.807, 2.05) is 24.3 Å². The molecule has 1 aliphatic rings. The summed E-state index contributed by atoms with van der Waals surface area (Å²) >= 11 is 0. The second-order valence-corrected chi connectivity index (χ2v) is 7.67. The molecule has 0 aliphatic heterocycles. The summed E-state index contributed by atoms with van der Waals surface area (Å²) < 4.78 is 24.2. The number of hydrogen-bond donors (Lipinski definition) is 2. The lowest BCUT2D eigenvalue weighted by Crippen LogP contribution is -2.39. The summed E-state index contributed by atoms with van der Waals surface area (Å²) in [4.78, 5) is 0. The summed E-state index contributed by atoms with van der Waals surface area (Å²) in [6.07, 6.45) is 0.965. The Morgan fingerprint density at radius 3 is 2.21 bits per heavy atom. The minimum absolute atomic E-state index is 0.111. The number of sulfone groups is 1. The van der Waals surface area contributed by atoms with E-state index in [1.54, 1.807) is 6.92 Å². The zero-order chi connectivity index (χ0) is 14.3. The van der Waals surface area contributed by atoms with Crippen LogP contribution in [0.25, 0.3) is 0 Å².